The molecule has 4 aliphatic rings. The van der Waals surface area contributed by atoms with E-state index in [1.807, 2.05) is 31.2 Å². The molecule has 0 radical (unpaired) electrons. The molecule has 5 atom stereocenters. The van der Waals surface area contributed by atoms with Gasteiger partial charge in [-0.1, -0.05) is 12.2 Å². The smallest absolute Gasteiger partial charge is 0.259 e. The number of hydrogen-bond donors (Lipinski definition) is 2. The maximum absolute atomic E-state index is 14.0. The standard InChI is InChI=1S/C31H39N5O7S/c1-18-25(42-3)12-11-22-26(18)32-17-33-28(22)43-20-14-23-24(15-20)29(38)36(2)13-7-5-4-6-8-19-16-31(19,34-27(23)37)30(39)35-44(40,41)21-9-10-21/h6,8,11-12,17,19-21,23-24H,4-5,7,9-10,13-16H2,1-3H3,(H,34,37)(H,35,39)/b8-6-/t19-,20-,23-,24-,31-/m1/s1. The number of aromatic nitrogens is 2. The maximum Gasteiger partial charge on any atom is 0.259 e. The molecule has 0 unspecified atom stereocenters. The third-order valence-corrected chi connectivity index (χ3v) is 11.3. The highest BCUT2D eigenvalue weighted by atomic mass is 32.2. The Balaban J connectivity index is 1.27. The average molecular weight is 626 g/mol. The minimum atomic E-state index is -3.80. The molecule has 12 nitrogen and oxygen atoms in total. The normalized spacial score (nSPS) is 30.0. The molecule has 6 rings (SSSR count). The number of carbonyl (C=O) groups excluding carboxylic acids is 3. The molecule has 13 heteroatoms. The Bertz CT molecular complexity index is 1620. The molecule has 3 amide bonds. The summed E-state index contributed by atoms with van der Waals surface area (Å²) < 4.78 is 39.3. The lowest BCUT2D eigenvalue weighted by Crippen LogP contribution is -2.54. The van der Waals surface area contributed by atoms with Crippen LogP contribution < -0.4 is 19.5 Å². The van der Waals surface area contributed by atoms with Crippen LogP contribution in [0.1, 0.15) is 56.9 Å². The fourth-order valence-corrected chi connectivity index (χ4v) is 7.96. The van der Waals surface area contributed by atoms with Gasteiger partial charge in [0, 0.05) is 25.1 Å². The van der Waals surface area contributed by atoms with Crippen molar-refractivity contribution < 1.29 is 32.3 Å². The van der Waals surface area contributed by atoms with Crippen LogP contribution >= 0.6 is 0 Å². The monoisotopic (exact) mass is 625 g/mol. The first-order valence-electron chi connectivity index (χ1n) is 15.3. The number of nitrogens with zero attached hydrogens (tertiary/aromatic N) is 3. The molecule has 3 aliphatic carbocycles. The Kier molecular flexibility index (Phi) is 8.02. The highest BCUT2D eigenvalue weighted by Crippen LogP contribution is 2.47. The summed E-state index contributed by atoms with van der Waals surface area (Å²) in [5.41, 5.74) is 0.145. The van der Waals surface area contributed by atoms with Crippen molar-refractivity contribution in [3.63, 3.8) is 0 Å². The predicted octanol–water partition coefficient (Wildman–Crippen LogP) is 2.40. The molecule has 44 heavy (non-hydrogen) atoms. The van der Waals surface area contributed by atoms with Crippen molar-refractivity contribution in [1.29, 1.82) is 0 Å². The maximum atomic E-state index is 14.0. The van der Waals surface area contributed by atoms with Gasteiger partial charge in [-0.3, -0.25) is 19.1 Å². The lowest BCUT2D eigenvalue weighted by molar-refractivity contribution is -0.140. The highest BCUT2D eigenvalue weighted by Gasteiger charge is 2.62. The van der Waals surface area contributed by atoms with Crippen LogP contribution in [0, 0.1) is 24.7 Å². The first kappa shape index (κ1) is 30.3. The molecular weight excluding hydrogens is 586 g/mol. The van der Waals surface area contributed by atoms with Crippen molar-refractivity contribution in [2.24, 2.45) is 17.8 Å². The number of amides is 3. The Morgan fingerprint density at radius 1 is 1.14 bits per heavy atom. The number of hydrogen-bond acceptors (Lipinski definition) is 9. The van der Waals surface area contributed by atoms with Crippen LogP contribution in [0.4, 0.5) is 0 Å². The lowest BCUT2D eigenvalue weighted by atomic mass is 9.93. The molecule has 1 aliphatic heterocycles. The number of fused-ring (bicyclic) bond motifs is 3. The number of methoxy groups -OCH3 is 1. The van der Waals surface area contributed by atoms with Gasteiger partial charge in [-0.05, 0) is 70.4 Å². The zero-order chi connectivity index (χ0) is 31.2. The topological polar surface area (TPSA) is 157 Å². The van der Waals surface area contributed by atoms with Crippen LogP contribution in [0.5, 0.6) is 11.6 Å². The number of rotatable bonds is 6. The molecule has 1 aromatic carbocycles. The SMILES string of the molecule is COc1ccc2c(O[C@@H]3C[C@H]4C(=O)N[C@]5(C(=O)NS(=O)(=O)C6CC6)C[C@H]5/C=C\CCCCN(C)C(=O)[C@@H]4C3)ncnc2c1C. The Morgan fingerprint density at radius 3 is 2.66 bits per heavy atom. The van der Waals surface area contributed by atoms with Crippen LogP contribution in [-0.2, 0) is 24.4 Å². The van der Waals surface area contributed by atoms with E-state index in [2.05, 4.69) is 20.0 Å². The van der Waals surface area contributed by atoms with Crippen LogP contribution in [0.15, 0.2) is 30.6 Å². The second-order valence-corrected chi connectivity index (χ2v) is 14.5. The summed E-state index contributed by atoms with van der Waals surface area (Å²) >= 11 is 0. The van der Waals surface area contributed by atoms with E-state index in [0.717, 1.165) is 24.8 Å². The first-order chi connectivity index (χ1) is 21.0. The number of sulfonamides is 1. The second kappa shape index (κ2) is 11.6. The van der Waals surface area contributed by atoms with Gasteiger partial charge in [-0.2, -0.15) is 0 Å². The molecule has 236 valence electrons. The largest absolute Gasteiger partial charge is 0.496 e. The minimum Gasteiger partial charge on any atom is -0.496 e. The fraction of sp³-hybridized carbons (Fsp3) is 0.581. The van der Waals surface area contributed by atoms with Crippen LogP contribution in [0.3, 0.4) is 0 Å². The lowest BCUT2D eigenvalue weighted by Gasteiger charge is -2.26. The van der Waals surface area contributed by atoms with Gasteiger partial charge in [0.15, 0.2) is 0 Å². The van der Waals surface area contributed by atoms with Crippen LogP contribution in [0.25, 0.3) is 10.9 Å². The third kappa shape index (κ3) is 5.73. The molecule has 3 saturated carbocycles. The van der Waals surface area contributed by atoms with E-state index < -0.39 is 50.6 Å². The highest BCUT2D eigenvalue weighted by molar-refractivity contribution is 7.91. The van der Waals surface area contributed by atoms with E-state index in [4.69, 9.17) is 9.47 Å². The number of nitrogens with one attached hydrogen (secondary N) is 2. The zero-order valence-corrected chi connectivity index (χ0v) is 26.1. The molecule has 2 N–H and O–H groups in total. The van der Waals surface area contributed by atoms with Gasteiger partial charge in [-0.15, -0.1) is 0 Å². The molecule has 1 aromatic heterocycles. The van der Waals surface area contributed by atoms with Crippen molar-refractivity contribution >= 4 is 38.6 Å². The Labute approximate surface area is 257 Å². The zero-order valence-electron chi connectivity index (χ0n) is 25.2. The van der Waals surface area contributed by atoms with E-state index in [9.17, 15) is 22.8 Å². The van der Waals surface area contributed by atoms with Gasteiger partial charge in [0.05, 0.1) is 35.1 Å². The third-order valence-electron chi connectivity index (χ3n) is 9.47. The average Bonchev–Trinajstić information content (AvgIpc) is 3.92. The van der Waals surface area contributed by atoms with Gasteiger partial charge in [-0.25, -0.2) is 18.4 Å². The van der Waals surface area contributed by atoms with Crippen molar-refractivity contribution in [3.05, 3.63) is 36.2 Å². The summed E-state index contributed by atoms with van der Waals surface area (Å²) in [6.45, 7) is 2.47. The van der Waals surface area contributed by atoms with E-state index in [1.54, 1.807) is 19.1 Å². The predicted molar refractivity (Wildman–Crippen MR) is 161 cm³/mol. The summed E-state index contributed by atoms with van der Waals surface area (Å²) in [7, 11) is -0.466. The number of ether oxygens (including phenoxy) is 2. The summed E-state index contributed by atoms with van der Waals surface area (Å²) in [5.74, 6) is -2.07. The number of benzene rings is 1. The summed E-state index contributed by atoms with van der Waals surface area (Å²) in [4.78, 5) is 51.6. The Morgan fingerprint density at radius 2 is 1.91 bits per heavy atom. The fourth-order valence-electron chi connectivity index (χ4n) is 6.59. The van der Waals surface area contributed by atoms with E-state index in [0.29, 0.717) is 54.8 Å². The summed E-state index contributed by atoms with van der Waals surface area (Å²) in [6.07, 6.45) is 9.04. The Hall–Kier alpha value is -3.74. The molecular formula is C31H39N5O7S. The van der Waals surface area contributed by atoms with Crippen molar-refractivity contribution in [1.82, 2.24) is 24.9 Å². The second-order valence-electron chi connectivity index (χ2n) is 12.5. The van der Waals surface area contributed by atoms with Crippen molar-refractivity contribution in [3.8, 4) is 11.6 Å². The number of aryl methyl sites for hydroxylation is 1. The summed E-state index contributed by atoms with van der Waals surface area (Å²) in [6, 6.07) is 3.65. The molecule has 3 fully saturated rings. The van der Waals surface area contributed by atoms with Crippen molar-refractivity contribution in [2.75, 3.05) is 20.7 Å². The summed E-state index contributed by atoms with van der Waals surface area (Å²) in [5, 5.41) is 3.03. The van der Waals surface area contributed by atoms with E-state index >= 15 is 0 Å². The quantitative estimate of drug-likeness (QED) is 0.460. The molecule has 2 aromatic rings. The van der Waals surface area contributed by atoms with Crippen LogP contribution in [-0.4, -0.2) is 78.6 Å². The molecule has 0 spiro atoms. The number of allylic oxidation sites excluding steroid dienone is 1. The van der Waals surface area contributed by atoms with Gasteiger partial charge in [0.2, 0.25) is 27.7 Å². The van der Waals surface area contributed by atoms with Crippen LogP contribution in [0.2, 0.25) is 0 Å². The van der Waals surface area contributed by atoms with Gasteiger partial charge in [0.1, 0.15) is 23.7 Å². The van der Waals surface area contributed by atoms with E-state index in [-0.39, 0.29) is 18.2 Å². The van der Waals surface area contributed by atoms with Gasteiger partial charge < -0.3 is 19.7 Å². The molecule has 0 saturated heterocycles. The van der Waals surface area contributed by atoms with Gasteiger partial charge in [0.25, 0.3) is 5.91 Å². The van der Waals surface area contributed by atoms with Gasteiger partial charge >= 0.3 is 0 Å². The minimum absolute atomic E-state index is 0.154. The molecule has 2 heterocycles. The first-order valence-corrected chi connectivity index (χ1v) is 16.8. The van der Waals surface area contributed by atoms with Crippen molar-refractivity contribution in [2.45, 2.75) is 75.2 Å². The molecule has 0 bridgehead atoms. The number of carbonyl (C=O) groups is 3. The van der Waals surface area contributed by atoms with E-state index in [1.165, 1.54) is 6.33 Å².